The van der Waals surface area contributed by atoms with E-state index in [-0.39, 0.29) is 17.8 Å². The quantitative estimate of drug-likeness (QED) is 0.840. The normalized spacial score (nSPS) is 20.5. The second kappa shape index (κ2) is 6.42. The summed E-state index contributed by atoms with van der Waals surface area (Å²) in [5.41, 5.74) is 3.00. The minimum Gasteiger partial charge on any atom is -0.493 e. The highest BCUT2D eigenvalue weighted by molar-refractivity contribution is 5.85. The summed E-state index contributed by atoms with van der Waals surface area (Å²) in [6.45, 7) is 3.76. The van der Waals surface area contributed by atoms with Gasteiger partial charge in [0.05, 0.1) is 14.2 Å². The van der Waals surface area contributed by atoms with Gasteiger partial charge in [0.2, 0.25) is 0 Å². The molecule has 1 saturated heterocycles. The molecular formula is C16H24ClNO3. The average Bonchev–Trinajstić information content (AvgIpc) is 2.46. The molecule has 118 valence electrons. The van der Waals surface area contributed by atoms with E-state index >= 15 is 0 Å². The fraction of sp³-hybridized carbons (Fsp3) is 0.625. The maximum atomic E-state index is 5.57. The van der Waals surface area contributed by atoms with Crippen LogP contribution < -0.4 is 9.47 Å². The number of hydrogen-bond acceptors (Lipinski definition) is 4. The summed E-state index contributed by atoms with van der Waals surface area (Å²) in [6.07, 6.45) is 2.17. The van der Waals surface area contributed by atoms with Crippen LogP contribution in [0.15, 0.2) is 12.1 Å². The number of nitrogens with zero attached hydrogens (tertiary/aromatic N) is 1. The van der Waals surface area contributed by atoms with E-state index in [9.17, 15) is 0 Å². The largest absolute Gasteiger partial charge is 0.493 e. The van der Waals surface area contributed by atoms with Crippen molar-refractivity contribution in [1.82, 2.24) is 4.90 Å². The Morgan fingerprint density at radius 1 is 1.10 bits per heavy atom. The molecule has 1 aromatic carbocycles. The third-order valence-electron chi connectivity index (χ3n) is 4.64. The maximum Gasteiger partial charge on any atom is 0.161 e. The van der Waals surface area contributed by atoms with Crippen molar-refractivity contribution in [2.75, 3.05) is 41.0 Å². The van der Waals surface area contributed by atoms with Crippen molar-refractivity contribution in [3.8, 4) is 11.5 Å². The van der Waals surface area contributed by atoms with Crippen molar-refractivity contribution in [1.29, 1.82) is 0 Å². The number of methoxy groups -OCH3 is 2. The maximum absolute atomic E-state index is 5.57. The molecule has 4 nitrogen and oxygen atoms in total. The first kappa shape index (κ1) is 16.4. The Balaban J connectivity index is 0.00000161. The molecule has 2 heterocycles. The zero-order valence-electron chi connectivity index (χ0n) is 13.0. The molecule has 0 aromatic heterocycles. The predicted octanol–water partition coefficient (Wildman–Crippen LogP) is 2.62. The standard InChI is InChI=1S/C16H23NO3.ClH/c1-17-10-12-8-14(18-2)15(19-3)9-13(12)16(11-17)4-6-20-7-5-16;/h8-9H,4-7,10-11H2,1-3H3;1H. The zero-order valence-corrected chi connectivity index (χ0v) is 13.8. The summed E-state index contributed by atoms with van der Waals surface area (Å²) in [6, 6.07) is 4.33. The lowest BCUT2D eigenvalue weighted by Gasteiger charge is -2.45. The lowest BCUT2D eigenvalue weighted by atomic mass is 9.70. The second-order valence-corrected chi connectivity index (χ2v) is 5.93. The van der Waals surface area contributed by atoms with Crippen molar-refractivity contribution < 1.29 is 14.2 Å². The van der Waals surface area contributed by atoms with Crippen LogP contribution >= 0.6 is 12.4 Å². The molecule has 21 heavy (non-hydrogen) atoms. The van der Waals surface area contributed by atoms with Gasteiger partial charge in [0.1, 0.15) is 0 Å². The summed E-state index contributed by atoms with van der Waals surface area (Å²) >= 11 is 0. The molecule has 3 rings (SSSR count). The van der Waals surface area contributed by atoms with Gasteiger partial charge in [0.25, 0.3) is 0 Å². The first-order valence-corrected chi connectivity index (χ1v) is 7.20. The highest BCUT2D eigenvalue weighted by atomic mass is 35.5. The number of benzene rings is 1. The number of likely N-dealkylation sites (N-methyl/N-ethyl adjacent to an activating group) is 1. The monoisotopic (exact) mass is 313 g/mol. The van der Waals surface area contributed by atoms with Gasteiger partial charge in [-0.25, -0.2) is 0 Å². The minimum atomic E-state index is 0. The van der Waals surface area contributed by atoms with Crippen LogP contribution in [0.1, 0.15) is 24.0 Å². The van der Waals surface area contributed by atoms with Gasteiger partial charge < -0.3 is 19.1 Å². The Labute approximate surface area is 132 Å². The Hall–Kier alpha value is -0.970. The SMILES string of the molecule is COc1cc2c(cc1OC)C1(CCOCC1)CN(C)C2.Cl. The van der Waals surface area contributed by atoms with Gasteiger partial charge in [-0.05, 0) is 43.1 Å². The number of rotatable bonds is 2. The first-order chi connectivity index (χ1) is 9.68. The van der Waals surface area contributed by atoms with E-state index in [1.807, 2.05) is 0 Å². The lowest BCUT2D eigenvalue weighted by molar-refractivity contribution is 0.0303. The molecule has 0 unspecified atom stereocenters. The summed E-state index contributed by atoms with van der Waals surface area (Å²) in [5, 5.41) is 0. The Morgan fingerprint density at radius 3 is 2.33 bits per heavy atom. The van der Waals surface area contributed by atoms with Crippen LogP contribution in [0.4, 0.5) is 0 Å². The summed E-state index contributed by atoms with van der Waals surface area (Å²) < 4.78 is 16.5. The topological polar surface area (TPSA) is 30.9 Å². The molecule has 0 radical (unpaired) electrons. The van der Waals surface area contributed by atoms with E-state index in [2.05, 4.69) is 24.1 Å². The third-order valence-corrected chi connectivity index (χ3v) is 4.64. The van der Waals surface area contributed by atoms with Crippen LogP contribution in [0.3, 0.4) is 0 Å². The van der Waals surface area contributed by atoms with E-state index in [1.54, 1.807) is 14.2 Å². The molecule has 1 spiro atoms. The molecule has 0 saturated carbocycles. The first-order valence-electron chi connectivity index (χ1n) is 7.20. The third kappa shape index (κ3) is 2.85. The molecular weight excluding hydrogens is 290 g/mol. The highest BCUT2D eigenvalue weighted by Gasteiger charge is 2.40. The van der Waals surface area contributed by atoms with Crippen molar-refractivity contribution in [2.45, 2.75) is 24.8 Å². The van der Waals surface area contributed by atoms with Crippen molar-refractivity contribution in [2.24, 2.45) is 0 Å². The number of fused-ring (bicyclic) bond motifs is 2. The van der Waals surface area contributed by atoms with Gasteiger partial charge in [-0.2, -0.15) is 0 Å². The van der Waals surface area contributed by atoms with Gasteiger partial charge >= 0.3 is 0 Å². The van der Waals surface area contributed by atoms with E-state index in [1.165, 1.54) is 11.1 Å². The number of ether oxygens (including phenoxy) is 3. The molecule has 0 amide bonds. The van der Waals surface area contributed by atoms with Crippen LogP contribution in [0, 0.1) is 0 Å². The van der Waals surface area contributed by atoms with Gasteiger partial charge in [-0.1, -0.05) is 0 Å². The molecule has 1 fully saturated rings. The molecule has 0 atom stereocenters. The molecule has 2 aliphatic rings. The van der Waals surface area contributed by atoms with Crippen molar-refractivity contribution in [3.05, 3.63) is 23.3 Å². The average molecular weight is 314 g/mol. The van der Waals surface area contributed by atoms with E-state index < -0.39 is 0 Å². The summed E-state index contributed by atoms with van der Waals surface area (Å²) in [5.74, 6) is 1.66. The molecule has 0 aliphatic carbocycles. The minimum absolute atomic E-state index is 0. The Kier molecular flexibility index (Phi) is 5.02. The molecule has 5 heteroatoms. The fourth-order valence-corrected chi connectivity index (χ4v) is 3.68. The number of hydrogen-bond donors (Lipinski definition) is 0. The van der Waals surface area contributed by atoms with Crippen LogP contribution in [-0.4, -0.2) is 45.9 Å². The Bertz CT molecular complexity index is 501. The lowest BCUT2D eigenvalue weighted by Crippen LogP contribution is -2.47. The van der Waals surface area contributed by atoms with Crippen molar-refractivity contribution in [3.63, 3.8) is 0 Å². The van der Waals surface area contributed by atoms with Crippen molar-refractivity contribution >= 4 is 12.4 Å². The Morgan fingerprint density at radius 2 is 1.71 bits per heavy atom. The van der Waals surface area contributed by atoms with Gasteiger partial charge in [0.15, 0.2) is 11.5 Å². The summed E-state index contributed by atoms with van der Waals surface area (Å²) in [4.78, 5) is 2.40. The smallest absolute Gasteiger partial charge is 0.161 e. The predicted molar refractivity (Wildman–Crippen MR) is 84.9 cm³/mol. The van der Waals surface area contributed by atoms with Crippen LogP contribution in [0.25, 0.3) is 0 Å². The van der Waals surface area contributed by atoms with Crippen LogP contribution in [0.5, 0.6) is 11.5 Å². The van der Waals surface area contributed by atoms with Crippen LogP contribution in [0.2, 0.25) is 0 Å². The van der Waals surface area contributed by atoms with E-state index in [0.29, 0.717) is 0 Å². The van der Waals surface area contributed by atoms with Gasteiger partial charge in [-0.3, -0.25) is 0 Å². The highest BCUT2D eigenvalue weighted by Crippen LogP contribution is 2.44. The molecule has 1 aromatic rings. The second-order valence-electron chi connectivity index (χ2n) is 5.93. The van der Waals surface area contributed by atoms with E-state index in [4.69, 9.17) is 14.2 Å². The number of halogens is 1. The molecule has 2 aliphatic heterocycles. The summed E-state index contributed by atoms with van der Waals surface area (Å²) in [7, 11) is 5.59. The molecule has 0 bridgehead atoms. The fourth-order valence-electron chi connectivity index (χ4n) is 3.68. The van der Waals surface area contributed by atoms with Gasteiger partial charge in [0, 0.05) is 31.7 Å². The zero-order chi connectivity index (χ0) is 14.2. The van der Waals surface area contributed by atoms with Crippen LogP contribution in [-0.2, 0) is 16.7 Å². The molecule has 0 N–H and O–H groups in total. The van der Waals surface area contributed by atoms with E-state index in [0.717, 1.165) is 50.6 Å². The van der Waals surface area contributed by atoms with Gasteiger partial charge in [-0.15, -0.1) is 12.4 Å².